The molecule has 3 heteroatoms. The van der Waals surface area contributed by atoms with Gasteiger partial charge in [-0.3, -0.25) is 4.90 Å². The summed E-state index contributed by atoms with van der Waals surface area (Å²) in [6.07, 6.45) is 1.27. The number of halogens is 1. The number of benzene rings is 1. The highest BCUT2D eigenvalue weighted by Gasteiger charge is 2.25. The van der Waals surface area contributed by atoms with Gasteiger partial charge in [0.15, 0.2) is 0 Å². The number of nitrogens with two attached hydrogens (primary N) is 1. The standard InChI is InChI=1S/C15H23FN2/c1-11(2)12-5-6-18(9-12)10-13-3-4-15(16)7-14(13)8-17/h3-4,7,11-12H,5-6,8-10,17H2,1-2H3. The number of hydrogen-bond donors (Lipinski definition) is 1. The Morgan fingerprint density at radius 2 is 2.17 bits per heavy atom. The van der Waals surface area contributed by atoms with Gasteiger partial charge in [0.25, 0.3) is 0 Å². The molecule has 0 aromatic heterocycles. The van der Waals surface area contributed by atoms with Crippen molar-refractivity contribution in [1.29, 1.82) is 0 Å². The van der Waals surface area contributed by atoms with Gasteiger partial charge in [-0.25, -0.2) is 4.39 Å². The van der Waals surface area contributed by atoms with Crippen LogP contribution in [0.5, 0.6) is 0 Å². The van der Waals surface area contributed by atoms with E-state index in [9.17, 15) is 4.39 Å². The molecular weight excluding hydrogens is 227 g/mol. The molecular formula is C15H23FN2. The fourth-order valence-corrected chi connectivity index (χ4v) is 2.73. The van der Waals surface area contributed by atoms with Crippen molar-refractivity contribution in [3.05, 3.63) is 35.1 Å². The van der Waals surface area contributed by atoms with Crippen molar-refractivity contribution in [1.82, 2.24) is 4.90 Å². The first-order valence-electron chi connectivity index (χ1n) is 6.80. The van der Waals surface area contributed by atoms with Crippen LogP contribution in [0.2, 0.25) is 0 Å². The van der Waals surface area contributed by atoms with Crippen LogP contribution in [-0.4, -0.2) is 18.0 Å². The number of hydrogen-bond acceptors (Lipinski definition) is 2. The second-order valence-electron chi connectivity index (χ2n) is 5.65. The molecule has 0 radical (unpaired) electrons. The van der Waals surface area contributed by atoms with Crippen LogP contribution in [0.3, 0.4) is 0 Å². The minimum atomic E-state index is -0.194. The van der Waals surface area contributed by atoms with Gasteiger partial charge in [0.05, 0.1) is 0 Å². The van der Waals surface area contributed by atoms with Crippen molar-refractivity contribution in [3.8, 4) is 0 Å². The topological polar surface area (TPSA) is 29.3 Å². The van der Waals surface area contributed by atoms with Crippen LogP contribution in [0.4, 0.5) is 4.39 Å². The predicted octanol–water partition coefficient (Wildman–Crippen LogP) is 2.76. The Morgan fingerprint density at radius 3 is 2.78 bits per heavy atom. The lowest BCUT2D eigenvalue weighted by Gasteiger charge is -2.19. The Morgan fingerprint density at radius 1 is 1.39 bits per heavy atom. The van der Waals surface area contributed by atoms with Crippen LogP contribution in [0.1, 0.15) is 31.4 Å². The summed E-state index contributed by atoms with van der Waals surface area (Å²) in [5, 5.41) is 0. The van der Waals surface area contributed by atoms with E-state index in [1.807, 2.05) is 6.07 Å². The minimum Gasteiger partial charge on any atom is -0.326 e. The molecule has 1 unspecified atom stereocenters. The van der Waals surface area contributed by atoms with Gasteiger partial charge in [0.2, 0.25) is 0 Å². The van der Waals surface area contributed by atoms with Gasteiger partial charge in [-0.15, -0.1) is 0 Å². The lowest BCUT2D eigenvalue weighted by Crippen LogP contribution is -2.22. The number of likely N-dealkylation sites (tertiary alicyclic amines) is 1. The number of rotatable bonds is 4. The van der Waals surface area contributed by atoms with Crippen molar-refractivity contribution in [2.24, 2.45) is 17.6 Å². The largest absolute Gasteiger partial charge is 0.326 e. The second-order valence-corrected chi connectivity index (χ2v) is 5.65. The average Bonchev–Trinajstić information content (AvgIpc) is 2.80. The zero-order valence-electron chi connectivity index (χ0n) is 11.3. The van der Waals surface area contributed by atoms with Crippen molar-refractivity contribution >= 4 is 0 Å². The first-order chi connectivity index (χ1) is 8.60. The van der Waals surface area contributed by atoms with Crippen LogP contribution in [0, 0.1) is 17.7 Å². The second kappa shape index (κ2) is 5.81. The summed E-state index contributed by atoms with van der Waals surface area (Å²) in [6, 6.07) is 4.97. The summed E-state index contributed by atoms with van der Waals surface area (Å²) >= 11 is 0. The van der Waals surface area contributed by atoms with E-state index in [0.29, 0.717) is 6.54 Å². The molecule has 0 amide bonds. The molecule has 2 N–H and O–H groups in total. The highest BCUT2D eigenvalue weighted by Crippen LogP contribution is 2.25. The first-order valence-corrected chi connectivity index (χ1v) is 6.80. The van der Waals surface area contributed by atoms with E-state index in [-0.39, 0.29) is 5.82 Å². The molecule has 1 saturated heterocycles. The van der Waals surface area contributed by atoms with Gasteiger partial charge in [0, 0.05) is 19.6 Å². The molecule has 1 aromatic rings. The summed E-state index contributed by atoms with van der Waals surface area (Å²) < 4.78 is 13.1. The summed E-state index contributed by atoms with van der Waals surface area (Å²) in [5.74, 6) is 1.35. The van der Waals surface area contributed by atoms with Crippen LogP contribution < -0.4 is 5.73 Å². The van der Waals surface area contributed by atoms with Gasteiger partial charge in [-0.1, -0.05) is 19.9 Å². The van der Waals surface area contributed by atoms with Gasteiger partial charge < -0.3 is 5.73 Å². The molecule has 1 aromatic carbocycles. The smallest absolute Gasteiger partial charge is 0.123 e. The van der Waals surface area contributed by atoms with Crippen LogP contribution >= 0.6 is 0 Å². The van der Waals surface area contributed by atoms with Crippen molar-refractivity contribution < 1.29 is 4.39 Å². The molecule has 1 aliphatic rings. The highest BCUT2D eigenvalue weighted by atomic mass is 19.1. The maximum Gasteiger partial charge on any atom is 0.123 e. The summed E-state index contributed by atoms with van der Waals surface area (Å²) in [7, 11) is 0. The van der Waals surface area contributed by atoms with E-state index < -0.39 is 0 Å². The van der Waals surface area contributed by atoms with Gasteiger partial charge >= 0.3 is 0 Å². The Balaban J connectivity index is 2.02. The van der Waals surface area contributed by atoms with Crippen molar-refractivity contribution in [2.75, 3.05) is 13.1 Å². The van der Waals surface area contributed by atoms with E-state index in [1.54, 1.807) is 6.07 Å². The van der Waals surface area contributed by atoms with Crippen LogP contribution in [0.25, 0.3) is 0 Å². The monoisotopic (exact) mass is 250 g/mol. The molecule has 1 heterocycles. The quantitative estimate of drug-likeness (QED) is 0.890. The molecule has 1 aliphatic heterocycles. The minimum absolute atomic E-state index is 0.194. The molecule has 1 fully saturated rings. The van der Waals surface area contributed by atoms with E-state index in [0.717, 1.165) is 37.0 Å². The number of nitrogens with zero attached hydrogens (tertiary/aromatic N) is 1. The molecule has 1 atom stereocenters. The highest BCUT2D eigenvalue weighted by molar-refractivity contribution is 5.27. The third-order valence-corrected chi connectivity index (χ3v) is 4.03. The first kappa shape index (κ1) is 13.5. The van der Waals surface area contributed by atoms with E-state index in [4.69, 9.17) is 5.73 Å². The maximum atomic E-state index is 13.1. The van der Waals surface area contributed by atoms with Crippen LogP contribution in [0.15, 0.2) is 18.2 Å². The zero-order chi connectivity index (χ0) is 13.1. The Kier molecular flexibility index (Phi) is 4.36. The fourth-order valence-electron chi connectivity index (χ4n) is 2.73. The van der Waals surface area contributed by atoms with Gasteiger partial charge in [-0.05, 0) is 48.1 Å². The van der Waals surface area contributed by atoms with E-state index in [2.05, 4.69) is 18.7 Å². The molecule has 2 nitrogen and oxygen atoms in total. The molecule has 2 rings (SSSR count). The third-order valence-electron chi connectivity index (χ3n) is 4.03. The van der Waals surface area contributed by atoms with Crippen molar-refractivity contribution in [3.63, 3.8) is 0 Å². The molecule has 0 saturated carbocycles. The third kappa shape index (κ3) is 3.09. The van der Waals surface area contributed by atoms with E-state index >= 15 is 0 Å². The lowest BCUT2D eigenvalue weighted by molar-refractivity contribution is 0.296. The molecule has 0 bridgehead atoms. The molecule has 100 valence electrons. The molecule has 0 aliphatic carbocycles. The summed E-state index contributed by atoms with van der Waals surface area (Å²) in [4.78, 5) is 2.46. The summed E-state index contributed by atoms with van der Waals surface area (Å²) in [5.41, 5.74) is 7.79. The molecule has 0 spiro atoms. The average molecular weight is 250 g/mol. The lowest BCUT2D eigenvalue weighted by atomic mass is 9.95. The summed E-state index contributed by atoms with van der Waals surface area (Å²) in [6.45, 7) is 8.18. The fraction of sp³-hybridized carbons (Fsp3) is 0.600. The Hall–Kier alpha value is -0.930. The van der Waals surface area contributed by atoms with Crippen LogP contribution in [-0.2, 0) is 13.1 Å². The normalized spacial score (nSPS) is 20.8. The van der Waals surface area contributed by atoms with Crippen molar-refractivity contribution in [2.45, 2.75) is 33.4 Å². The van der Waals surface area contributed by atoms with Gasteiger partial charge in [0.1, 0.15) is 5.82 Å². The SMILES string of the molecule is CC(C)C1CCN(Cc2ccc(F)cc2CN)C1. The zero-order valence-corrected chi connectivity index (χ0v) is 11.3. The maximum absolute atomic E-state index is 13.1. The Labute approximate surface area is 109 Å². The van der Waals surface area contributed by atoms with E-state index in [1.165, 1.54) is 18.1 Å². The molecule has 18 heavy (non-hydrogen) atoms. The van der Waals surface area contributed by atoms with Gasteiger partial charge in [-0.2, -0.15) is 0 Å². The Bertz CT molecular complexity index is 403. The predicted molar refractivity (Wildman–Crippen MR) is 72.5 cm³/mol.